The molecule has 0 amide bonds. The van der Waals surface area contributed by atoms with Crippen LogP contribution in [0, 0.1) is 12.7 Å². The van der Waals surface area contributed by atoms with Gasteiger partial charge in [-0.05, 0) is 49.8 Å². The van der Waals surface area contributed by atoms with E-state index in [1.54, 1.807) is 13.0 Å². The van der Waals surface area contributed by atoms with Gasteiger partial charge in [-0.15, -0.1) is 0 Å². The zero-order valence-electron chi connectivity index (χ0n) is 10.2. The van der Waals surface area contributed by atoms with Crippen LogP contribution >= 0.6 is 0 Å². The van der Waals surface area contributed by atoms with Crippen LogP contribution in [0.1, 0.15) is 50.2 Å². The Morgan fingerprint density at radius 3 is 2.62 bits per heavy atom. The van der Waals surface area contributed by atoms with Crippen molar-refractivity contribution in [3.63, 3.8) is 0 Å². The molecule has 88 valence electrons. The van der Waals surface area contributed by atoms with Crippen molar-refractivity contribution in [2.24, 2.45) is 0 Å². The minimum atomic E-state index is -0.143. The fraction of sp³-hybridized carbons (Fsp3) is 0.500. The molecule has 1 rings (SSSR count). The van der Waals surface area contributed by atoms with Gasteiger partial charge in [-0.3, -0.25) is 0 Å². The van der Waals surface area contributed by atoms with Crippen LogP contribution in [-0.4, -0.2) is 5.78 Å². The van der Waals surface area contributed by atoms with E-state index in [4.69, 9.17) is 0 Å². The maximum absolute atomic E-state index is 13.7. The van der Waals surface area contributed by atoms with Crippen LogP contribution < -0.4 is 0 Å². The Morgan fingerprint density at radius 2 is 2.12 bits per heavy atom. The summed E-state index contributed by atoms with van der Waals surface area (Å²) < 4.78 is 13.7. The van der Waals surface area contributed by atoms with Crippen molar-refractivity contribution in [3.8, 4) is 0 Å². The lowest BCUT2D eigenvalue weighted by atomic mass is 9.90. The van der Waals surface area contributed by atoms with Crippen molar-refractivity contribution >= 4 is 5.78 Å². The van der Waals surface area contributed by atoms with Gasteiger partial charge in [0.2, 0.25) is 0 Å². The third-order valence-corrected chi connectivity index (χ3v) is 2.93. The molecule has 0 heterocycles. The molecule has 2 heteroatoms. The van der Waals surface area contributed by atoms with Crippen molar-refractivity contribution in [3.05, 3.63) is 35.1 Å². The number of rotatable bonds is 5. The van der Waals surface area contributed by atoms with Crippen molar-refractivity contribution in [1.29, 1.82) is 0 Å². The van der Waals surface area contributed by atoms with Crippen LogP contribution in [-0.2, 0) is 4.79 Å². The largest absolute Gasteiger partial charge is 0.300 e. The van der Waals surface area contributed by atoms with E-state index in [0.717, 1.165) is 24.0 Å². The summed E-state index contributed by atoms with van der Waals surface area (Å²) in [5.74, 6) is 0.186. The molecule has 16 heavy (non-hydrogen) atoms. The van der Waals surface area contributed by atoms with E-state index < -0.39 is 0 Å². The molecule has 1 nitrogen and oxygen atoms in total. The van der Waals surface area contributed by atoms with E-state index in [9.17, 15) is 9.18 Å². The normalized spacial score (nSPS) is 12.5. The quantitative estimate of drug-likeness (QED) is 0.736. The lowest BCUT2D eigenvalue weighted by Gasteiger charge is -2.15. The maximum atomic E-state index is 13.7. The van der Waals surface area contributed by atoms with Crippen LogP contribution in [0.4, 0.5) is 4.39 Å². The molecule has 0 N–H and O–H groups in total. The lowest BCUT2D eigenvalue weighted by Crippen LogP contribution is -2.03. The van der Waals surface area contributed by atoms with Gasteiger partial charge >= 0.3 is 0 Å². The van der Waals surface area contributed by atoms with Gasteiger partial charge in [-0.1, -0.05) is 19.1 Å². The fourth-order valence-corrected chi connectivity index (χ4v) is 1.92. The minimum Gasteiger partial charge on any atom is -0.300 e. The first-order valence-corrected chi connectivity index (χ1v) is 5.80. The first kappa shape index (κ1) is 12.9. The first-order valence-electron chi connectivity index (χ1n) is 5.80. The summed E-state index contributed by atoms with van der Waals surface area (Å²) in [6.07, 6.45) is 2.14. The molecule has 0 aliphatic rings. The topological polar surface area (TPSA) is 17.1 Å². The van der Waals surface area contributed by atoms with Gasteiger partial charge in [-0.2, -0.15) is 0 Å². The molecule has 0 aliphatic carbocycles. The van der Waals surface area contributed by atoms with E-state index >= 15 is 0 Å². The summed E-state index contributed by atoms with van der Waals surface area (Å²) in [5, 5.41) is 0. The molecular weight excluding hydrogens is 203 g/mol. The van der Waals surface area contributed by atoms with E-state index in [1.807, 2.05) is 26.0 Å². The number of halogens is 1. The molecule has 0 saturated heterocycles. The van der Waals surface area contributed by atoms with E-state index in [0.29, 0.717) is 6.42 Å². The Labute approximate surface area is 96.7 Å². The van der Waals surface area contributed by atoms with Crippen molar-refractivity contribution in [2.75, 3.05) is 0 Å². The van der Waals surface area contributed by atoms with Crippen LogP contribution in [0.3, 0.4) is 0 Å². The monoisotopic (exact) mass is 222 g/mol. The molecular formula is C14H19FO. The number of aryl methyl sites for hydroxylation is 1. The third kappa shape index (κ3) is 3.44. The molecule has 1 atom stereocenters. The number of hydrogen-bond donors (Lipinski definition) is 0. The molecule has 0 spiro atoms. The molecule has 0 bridgehead atoms. The average molecular weight is 222 g/mol. The Hall–Kier alpha value is -1.18. The average Bonchev–Trinajstić information content (AvgIpc) is 2.21. The second-order valence-electron chi connectivity index (χ2n) is 4.37. The Morgan fingerprint density at radius 1 is 1.44 bits per heavy atom. The van der Waals surface area contributed by atoms with Gasteiger partial charge in [0.15, 0.2) is 0 Å². The van der Waals surface area contributed by atoms with Crippen LogP contribution in [0.15, 0.2) is 18.2 Å². The smallest absolute Gasteiger partial charge is 0.129 e. The highest BCUT2D eigenvalue weighted by molar-refractivity contribution is 5.75. The van der Waals surface area contributed by atoms with Gasteiger partial charge in [0, 0.05) is 6.42 Å². The third-order valence-electron chi connectivity index (χ3n) is 2.93. The SMILES string of the molecule is CCC(CCC(C)=O)c1ccc(C)cc1F. The van der Waals surface area contributed by atoms with E-state index in [-0.39, 0.29) is 17.5 Å². The van der Waals surface area contributed by atoms with Gasteiger partial charge in [-0.25, -0.2) is 4.39 Å². The number of ketones is 1. The molecule has 1 unspecified atom stereocenters. The zero-order valence-corrected chi connectivity index (χ0v) is 10.2. The summed E-state index contributed by atoms with van der Waals surface area (Å²) >= 11 is 0. The standard InChI is InChI=1S/C14H19FO/c1-4-12(7-6-11(3)16)13-8-5-10(2)9-14(13)15/h5,8-9,12H,4,6-7H2,1-3H3. The van der Waals surface area contributed by atoms with Gasteiger partial charge in [0.1, 0.15) is 11.6 Å². The molecule has 1 aromatic rings. The second-order valence-corrected chi connectivity index (χ2v) is 4.37. The summed E-state index contributed by atoms with van der Waals surface area (Å²) in [5.41, 5.74) is 1.68. The maximum Gasteiger partial charge on any atom is 0.129 e. The molecule has 0 aromatic heterocycles. The number of Topliss-reactive ketones (excluding diaryl/α,β-unsaturated/α-hetero) is 1. The number of carbonyl (C=O) groups is 1. The van der Waals surface area contributed by atoms with Crippen LogP contribution in [0.5, 0.6) is 0 Å². The Bertz CT molecular complexity index is 371. The summed E-state index contributed by atoms with van der Waals surface area (Å²) in [6.45, 7) is 5.49. The highest BCUT2D eigenvalue weighted by atomic mass is 19.1. The molecule has 0 saturated carbocycles. The second kappa shape index (κ2) is 5.78. The Kier molecular flexibility index (Phi) is 4.66. The van der Waals surface area contributed by atoms with E-state index in [2.05, 4.69) is 0 Å². The van der Waals surface area contributed by atoms with Gasteiger partial charge in [0.05, 0.1) is 0 Å². The number of hydrogen-bond acceptors (Lipinski definition) is 1. The lowest BCUT2D eigenvalue weighted by molar-refractivity contribution is -0.117. The molecule has 0 radical (unpaired) electrons. The van der Waals surface area contributed by atoms with Crippen LogP contribution in [0.25, 0.3) is 0 Å². The highest BCUT2D eigenvalue weighted by Crippen LogP contribution is 2.27. The van der Waals surface area contributed by atoms with Crippen molar-refractivity contribution in [1.82, 2.24) is 0 Å². The van der Waals surface area contributed by atoms with E-state index in [1.165, 1.54) is 0 Å². The van der Waals surface area contributed by atoms with Gasteiger partial charge < -0.3 is 4.79 Å². The Balaban J connectivity index is 2.82. The highest BCUT2D eigenvalue weighted by Gasteiger charge is 2.14. The zero-order chi connectivity index (χ0) is 12.1. The fourth-order valence-electron chi connectivity index (χ4n) is 1.92. The molecule has 1 aromatic carbocycles. The number of benzene rings is 1. The van der Waals surface area contributed by atoms with Gasteiger partial charge in [0.25, 0.3) is 0 Å². The predicted molar refractivity (Wildman–Crippen MR) is 64.1 cm³/mol. The first-order chi connectivity index (χ1) is 7.54. The van der Waals surface area contributed by atoms with Crippen molar-refractivity contribution in [2.45, 2.75) is 46.0 Å². The van der Waals surface area contributed by atoms with Crippen LogP contribution in [0.2, 0.25) is 0 Å². The summed E-state index contributed by atoms with van der Waals surface area (Å²) in [7, 11) is 0. The minimum absolute atomic E-state index is 0.143. The van der Waals surface area contributed by atoms with Crippen molar-refractivity contribution < 1.29 is 9.18 Å². The summed E-state index contributed by atoms with van der Waals surface area (Å²) in [6, 6.07) is 5.33. The molecule has 0 aliphatic heterocycles. The predicted octanol–water partition coefficient (Wildman–Crippen LogP) is 4.00. The molecule has 0 fully saturated rings. The summed E-state index contributed by atoms with van der Waals surface area (Å²) in [4.78, 5) is 10.9. The number of carbonyl (C=O) groups excluding carboxylic acids is 1.